The molecule has 0 aliphatic heterocycles. The van der Waals surface area contributed by atoms with E-state index in [4.69, 9.17) is 4.74 Å². The van der Waals surface area contributed by atoms with Gasteiger partial charge in [0.25, 0.3) is 5.91 Å². The minimum Gasteiger partial charge on any atom is -0.383 e. The van der Waals surface area contributed by atoms with E-state index in [1.54, 1.807) is 18.5 Å². The van der Waals surface area contributed by atoms with E-state index in [9.17, 15) is 4.79 Å². The van der Waals surface area contributed by atoms with Gasteiger partial charge >= 0.3 is 0 Å². The minimum absolute atomic E-state index is 0.0895. The first kappa shape index (κ1) is 13.8. The van der Waals surface area contributed by atoms with Gasteiger partial charge in [0.2, 0.25) is 0 Å². The number of hydrogen-bond acceptors (Lipinski definition) is 4. The third-order valence-corrected chi connectivity index (χ3v) is 3.02. The Hall–Kier alpha value is -1.62. The zero-order chi connectivity index (χ0) is 13.5. The number of carbonyl (C=O) groups is 1. The highest BCUT2D eigenvalue weighted by molar-refractivity contribution is 5.99. The highest BCUT2D eigenvalue weighted by Gasteiger charge is 2.20. The van der Waals surface area contributed by atoms with Crippen LogP contribution in [-0.2, 0) is 4.74 Å². The van der Waals surface area contributed by atoms with E-state index in [0.29, 0.717) is 18.7 Å². The van der Waals surface area contributed by atoms with E-state index in [-0.39, 0.29) is 5.91 Å². The Bertz CT molecular complexity index is 419. The van der Waals surface area contributed by atoms with Gasteiger partial charge in [-0.3, -0.25) is 9.78 Å². The van der Waals surface area contributed by atoms with Gasteiger partial charge in [0.1, 0.15) is 0 Å². The molecule has 19 heavy (non-hydrogen) atoms. The van der Waals surface area contributed by atoms with Crippen LogP contribution < -0.4 is 10.6 Å². The highest BCUT2D eigenvalue weighted by Crippen LogP contribution is 2.28. The first-order chi connectivity index (χ1) is 9.31. The summed E-state index contributed by atoms with van der Waals surface area (Å²) in [5.74, 6) is 0.671. The highest BCUT2D eigenvalue weighted by atomic mass is 16.5. The molecule has 0 radical (unpaired) electrons. The average Bonchev–Trinajstić information content (AvgIpc) is 3.23. The van der Waals surface area contributed by atoms with Crippen LogP contribution in [-0.4, -0.2) is 37.2 Å². The minimum atomic E-state index is -0.0895. The van der Waals surface area contributed by atoms with Gasteiger partial charge in [-0.1, -0.05) is 0 Å². The fourth-order valence-corrected chi connectivity index (χ4v) is 1.79. The zero-order valence-electron chi connectivity index (χ0n) is 11.3. The maximum Gasteiger partial charge on any atom is 0.253 e. The van der Waals surface area contributed by atoms with Crippen molar-refractivity contribution in [3.05, 3.63) is 24.0 Å². The lowest BCUT2D eigenvalue weighted by Gasteiger charge is -2.10. The smallest absolute Gasteiger partial charge is 0.253 e. The molecular weight excluding hydrogens is 242 g/mol. The SMILES string of the molecule is CCNc1cnccc1C(=O)NCCOCC1CC1. The summed E-state index contributed by atoms with van der Waals surface area (Å²) in [4.78, 5) is 16.0. The van der Waals surface area contributed by atoms with E-state index in [1.807, 2.05) is 6.92 Å². The predicted octanol–water partition coefficient (Wildman–Crippen LogP) is 1.67. The van der Waals surface area contributed by atoms with Gasteiger partial charge in [0.15, 0.2) is 0 Å². The molecule has 0 spiro atoms. The van der Waals surface area contributed by atoms with Crippen molar-refractivity contribution in [2.45, 2.75) is 19.8 Å². The lowest BCUT2D eigenvalue weighted by molar-refractivity contribution is 0.0907. The molecule has 1 aliphatic carbocycles. The molecule has 1 fully saturated rings. The Morgan fingerprint density at radius 2 is 2.37 bits per heavy atom. The Labute approximate surface area is 113 Å². The molecule has 1 saturated carbocycles. The van der Waals surface area contributed by atoms with Crippen LogP contribution in [0.25, 0.3) is 0 Å². The molecule has 5 nitrogen and oxygen atoms in total. The van der Waals surface area contributed by atoms with Gasteiger partial charge in [-0.15, -0.1) is 0 Å². The summed E-state index contributed by atoms with van der Waals surface area (Å²) in [5.41, 5.74) is 1.39. The van der Waals surface area contributed by atoms with E-state index >= 15 is 0 Å². The number of carbonyl (C=O) groups excluding carboxylic acids is 1. The number of amides is 1. The molecule has 0 unspecified atom stereocenters. The van der Waals surface area contributed by atoms with Crippen molar-refractivity contribution in [2.75, 3.05) is 31.6 Å². The summed E-state index contributed by atoms with van der Waals surface area (Å²) >= 11 is 0. The third kappa shape index (κ3) is 4.52. The molecule has 1 aromatic heterocycles. The van der Waals surface area contributed by atoms with Gasteiger partial charge in [0, 0.05) is 25.9 Å². The molecular formula is C14H21N3O2. The number of ether oxygens (including phenoxy) is 1. The van der Waals surface area contributed by atoms with Crippen LogP contribution in [0.4, 0.5) is 5.69 Å². The average molecular weight is 263 g/mol. The number of aromatic nitrogens is 1. The van der Waals surface area contributed by atoms with Crippen LogP contribution in [0, 0.1) is 5.92 Å². The molecule has 104 valence electrons. The maximum absolute atomic E-state index is 12.0. The Kier molecular flexibility index (Phi) is 5.15. The molecule has 0 bridgehead atoms. The normalized spacial score (nSPS) is 14.2. The van der Waals surface area contributed by atoms with Crippen molar-refractivity contribution in [1.29, 1.82) is 0 Å². The molecule has 1 aromatic rings. The number of rotatable bonds is 8. The molecule has 0 saturated heterocycles. The Morgan fingerprint density at radius 3 is 3.11 bits per heavy atom. The number of hydrogen-bond donors (Lipinski definition) is 2. The standard InChI is InChI=1S/C14H21N3O2/c1-2-16-13-9-15-6-5-12(13)14(18)17-7-8-19-10-11-3-4-11/h5-6,9,11,16H,2-4,7-8,10H2,1H3,(H,17,18). The number of nitrogens with zero attached hydrogens (tertiary/aromatic N) is 1. The van der Waals surface area contributed by atoms with Gasteiger partial charge in [-0.25, -0.2) is 0 Å². The molecule has 2 N–H and O–H groups in total. The summed E-state index contributed by atoms with van der Waals surface area (Å²) in [6.07, 6.45) is 5.87. The second-order valence-electron chi connectivity index (χ2n) is 4.73. The molecule has 5 heteroatoms. The van der Waals surface area contributed by atoms with Crippen LogP contribution in [0.1, 0.15) is 30.1 Å². The van der Waals surface area contributed by atoms with Gasteiger partial charge in [-0.2, -0.15) is 0 Å². The third-order valence-electron chi connectivity index (χ3n) is 3.02. The number of anilines is 1. The molecule has 1 amide bonds. The fourth-order valence-electron chi connectivity index (χ4n) is 1.79. The van der Waals surface area contributed by atoms with Crippen LogP contribution >= 0.6 is 0 Å². The lowest BCUT2D eigenvalue weighted by atomic mass is 10.2. The van der Waals surface area contributed by atoms with Crippen molar-refractivity contribution in [3.63, 3.8) is 0 Å². The molecule has 1 heterocycles. The summed E-state index contributed by atoms with van der Waals surface area (Å²) in [5, 5.41) is 5.99. The number of pyridine rings is 1. The van der Waals surface area contributed by atoms with Crippen molar-refractivity contribution >= 4 is 11.6 Å². The summed E-state index contributed by atoms with van der Waals surface area (Å²) in [7, 11) is 0. The van der Waals surface area contributed by atoms with E-state index in [0.717, 1.165) is 24.8 Å². The van der Waals surface area contributed by atoms with Gasteiger partial charge < -0.3 is 15.4 Å². The Balaban J connectivity index is 1.74. The maximum atomic E-state index is 12.0. The van der Waals surface area contributed by atoms with Crippen LogP contribution in [0.2, 0.25) is 0 Å². The lowest BCUT2D eigenvalue weighted by Crippen LogP contribution is -2.28. The first-order valence-electron chi connectivity index (χ1n) is 6.85. The largest absolute Gasteiger partial charge is 0.383 e. The number of nitrogens with one attached hydrogen (secondary N) is 2. The van der Waals surface area contributed by atoms with E-state index in [2.05, 4.69) is 15.6 Å². The quantitative estimate of drug-likeness (QED) is 0.700. The van der Waals surface area contributed by atoms with Crippen molar-refractivity contribution in [3.8, 4) is 0 Å². The molecule has 0 aromatic carbocycles. The first-order valence-corrected chi connectivity index (χ1v) is 6.85. The van der Waals surface area contributed by atoms with Crippen LogP contribution in [0.15, 0.2) is 18.5 Å². The molecule has 1 aliphatic rings. The second kappa shape index (κ2) is 7.09. The van der Waals surface area contributed by atoms with Crippen LogP contribution in [0.3, 0.4) is 0 Å². The van der Waals surface area contributed by atoms with Crippen molar-refractivity contribution < 1.29 is 9.53 Å². The second-order valence-corrected chi connectivity index (χ2v) is 4.73. The van der Waals surface area contributed by atoms with Crippen LogP contribution in [0.5, 0.6) is 0 Å². The van der Waals surface area contributed by atoms with Gasteiger partial charge in [-0.05, 0) is 31.7 Å². The van der Waals surface area contributed by atoms with Crippen molar-refractivity contribution in [2.24, 2.45) is 5.92 Å². The molecule has 0 atom stereocenters. The van der Waals surface area contributed by atoms with E-state index in [1.165, 1.54) is 12.8 Å². The topological polar surface area (TPSA) is 63.2 Å². The summed E-state index contributed by atoms with van der Waals surface area (Å²) in [6.45, 7) is 4.69. The summed E-state index contributed by atoms with van der Waals surface area (Å²) in [6, 6.07) is 1.72. The molecule has 2 rings (SSSR count). The zero-order valence-corrected chi connectivity index (χ0v) is 11.3. The monoisotopic (exact) mass is 263 g/mol. The fraction of sp³-hybridized carbons (Fsp3) is 0.571. The Morgan fingerprint density at radius 1 is 1.53 bits per heavy atom. The van der Waals surface area contributed by atoms with Crippen molar-refractivity contribution in [1.82, 2.24) is 10.3 Å². The van der Waals surface area contributed by atoms with Gasteiger partial charge in [0.05, 0.1) is 24.1 Å². The van der Waals surface area contributed by atoms with E-state index < -0.39 is 0 Å². The summed E-state index contributed by atoms with van der Waals surface area (Å²) < 4.78 is 5.48. The predicted molar refractivity (Wildman–Crippen MR) is 74.3 cm³/mol.